The molecule has 1 aromatic carbocycles. The number of ketones is 1. The third-order valence-electron chi connectivity index (χ3n) is 2.56. The van der Waals surface area contributed by atoms with Crippen molar-refractivity contribution >= 4 is 5.78 Å². The van der Waals surface area contributed by atoms with E-state index in [4.69, 9.17) is 0 Å². The Morgan fingerprint density at radius 2 is 1.93 bits per heavy atom. The molecule has 1 aliphatic carbocycles. The van der Waals surface area contributed by atoms with Crippen LogP contribution in [0.25, 0.3) is 0 Å². The minimum atomic E-state index is -0.821. The van der Waals surface area contributed by atoms with Gasteiger partial charge in [0.2, 0.25) is 0 Å². The zero-order chi connectivity index (χ0) is 10.8. The smallest absolute Gasteiger partial charge is 0.187 e. The van der Waals surface area contributed by atoms with Gasteiger partial charge in [0.15, 0.2) is 5.78 Å². The lowest BCUT2D eigenvalue weighted by atomic mass is 10.00. The summed E-state index contributed by atoms with van der Waals surface area (Å²) < 4.78 is 0. The lowest BCUT2D eigenvalue weighted by Crippen LogP contribution is -2.08. The zero-order valence-electron chi connectivity index (χ0n) is 8.31. The highest BCUT2D eigenvalue weighted by Crippen LogP contribution is 2.29. The molecule has 76 valence electrons. The number of aliphatic hydroxyl groups excluding tert-OH is 1. The number of aliphatic hydroxyl groups is 1. The van der Waals surface area contributed by atoms with Crippen LogP contribution in [0.15, 0.2) is 54.1 Å². The van der Waals surface area contributed by atoms with Crippen molar-refractivity contribution in [3.05, 3.63) is 59.7 Å². The Morgan fingerprint density at radius 1 is 1.27 bits per heavy atom. The molecule has 2 nitrogen and oxygen atoms in total. The first-order valence-corrected chi connectivity index (χ1v) is 4.85. The molecule has 0 saturated carbocycles. The van der Waals surface area contributed by atoms with Crippen LogP contribution in [0.2, 0.25) is 0 Å². The van der Waals surface area contributed by atoms with E-state index in [0.717, 1.165) is 5.56 Å². The Labute approximate surface area is 88.6 Å². The fourth-order valence-electron chi connectivity index (χ4n) is 1.67. The summed E-state index contributed by atoms with van der Waals surface area (Å²) in [4.78, 5) is 11.6. The van der Waals surface area contributed by atoms with Gasteiger partial charge in [-0.3, -0.25) is 4.79 Å². The van der Waals surface area contributed by atoms with Crippen molar-refractivity contribution in [1.29, 1.82) is 0 Å². The van der Waals surface area contributed by atoms with Gasteiger partial charge >= 0.3 is 0 Å². The minimum absolute atomic E-state index is 0.119. The molecule has 0 amide bonds. The lowest BCUT2D eigenvalue weighted by Gasteiger charge is -2.10. The average Bonchev–Trinajstić information content (AvgIpc) is 2.60. The summed E-state index contributed by atoms with van der Waals surface area (Å²) in [5.41, 5.74) is 1.75. The van der Waals surface area contributed by atoms with E-state index in [2.05, 4.69) is 6.58 Å². The predicted octanol–water partition coefficient (Wildman–Crippen LogP) is 2.18. The molecule has 2 heteroatoms. The summed E-state index contributed by atoms with van der Waals surface area (Å²) in [6, 6.07) is 9.17. The molecule has 2 rings (SSSR count). The van der Waals surface area contributed by atoms with E-state index in [1.165, 1.54) is 0 Å². The molecule has 0 saturated heterocycles. The Hall–Kier alpha value is -1.67. The first-order valence-electron chi connectivity index (χ1n) is 4.85. The molecule has 0 aliphatic heterocycles. The van der Waals surface area contributed by atoms with Crippen LogP contribution in [0.5, 0.6) is 0 Å². The second kappa shape index (κ2) is 3.83. The first kappa shape index (κ1) is 9.87. The van der Waals surface area contributed by atoms with Crippen LogP contribution in [0, 0.1) is 0 Å². The maximum Gasteiger partial charge on any atom is 0.187 e. The molecule has 0 fully saturated rings. The number of rotatable bonds is 2. The highest BCUT2D eigenvalue weighted by molar-refractivity contribution is 6.11. The largest absolute Gasteiger partial charge is 0.384 e. The summed E-state index contributed by atoms with van der Waals surface area (Å²) in [6.45, 7) is 3.65. The van der Waals surface area contributed by atoms with Gasteiger partial charge in [0.05, 0.1) is 0 Å². The van der Waals surface area contributed by atoms with E-state index in [1.807, 2.05) is 18.2 Å². The third kappa shape index (κ3) is 1.76. The maximum atomic E-state index is 11.6. The number of benzene rings is 1. The Kier molecular flexibility index (Phi) is 2.52. The van der Waals surface area contributed by atoms with Gasteiger partial charge < -0.3 is 5.11 Å². The number of hydrogen-bond acceptors (Lipinski definition) is 2. The van der Waals surface area contributed by atoms with E-state index >= 15 is 0 Å². The van der Waals surface area contributed by atoms with Crippen LogP contribution >= 0.6 is 0 Å². The van der Waals surface area contributed by atoms with Crippen molar-refractivity contribution < 1.29 is 9.90 Å². The van der Waals surface area contributed by atoms with E-state index in [-0.39, 0.29) is 5.78 Å². The summed E-state index contributed by atoms with van der Waals surface area (Å²) >= 11 is 0. The van der Waals surface area contributed by atoms with Crippen LogP contribution < -0.4 is 0 Å². The second-order valence-corrected chi connectivity index (χ2v) is 3.61. The fraction of sp³-hybridized carbons (Fsp3) is 0.154. The summed E-state index contributed by atoms with van der Waals surface area (Å²) in [5, 5.41) is 9.98. The van der Waals surface area contributed by atoms with Crippen molar-refractivity contribution in [3.8, 4) is 0 Å². The van der Waals surface area contributed by atoms with Gasteiger partial charge in [0.1, 0.15) is 6.10 Å². The SMILES string of the molecule is C=C1CC=C(C(O)c2ccccc2)C1=O. The molecule has 1 aromatic rings. The normalized spacial score (nSPS) is 17.8. The van der Waals surface area contributed by atoms with Crippen LogP contribution in [-0.2, 0) is 4.79 Å². The molecule has 0 radical (unpaired) electrons. The Balaban J connectivity index is 2.27. The summed E-state index contributed by atoms with van der Waals surface area (Å²) in [5.74, 6) is -0.119. The highest BCUT2D eigenvalue weighted by atomic mass is 16.3. The van der Waals surface area contributed by atoms with Crippen LogP contribution in [0.3, 0.4) is 0 Å². The lowest BCUT2D eigenvalue weighted by molar-refractivity contribution is -0.112. The van der Waals surface area contributed by atoms with E-state index in [1.54, 1.807) is 18.2 Å². The van der Waals surface area contributed by atoms with Crippen molar-refractivity contribution in [2.75, 3.05) is 0 Å². The average molecular weight is 200 g/mol. The molecular weight excluding hydrogens is 188 g/mol. The van der Waals surface area contributed by atoms with Crippen molar-refractivity contribution in [2.45, 2.75) is 12.5 Å². The summed E-state index contributed by atoms with van der Waals surface area (Å²) in [7, 11) is 0. The second-order valence-electron chi connectivity index (χ2n) is 3.61. The van der Waals surface area contributed by atoms with Gasteiger partial charge in [0.25, 0.3) is 0 Å². The molecule has 1 aliphatic rings. The molecule has 15 heavy (non-hydrogen) atoms. The quantitative estimate of drug-likeness (QED) is 0.743. The highest BCUT2D eigenvalue weighted by Gasteiger charge is 2.25. The van der Waals surface area contributed by atoms with Gasteiger partial charge in [-0.1, -0.05) is 43.0 Å². The maximum absolute atomic E-state index is 11.6. The van der Waals surface area contributed by atoms with Gasteiger partial charge in [-0.25, -0.2) is 0 Å². The van der Waals surface area contributed by atoms with E-state index in [0.29, 0.717) is 17.6 Å². The molecule has 1 N–H and O–H groups in total. The van der Waals surface area contributed by atoms with E-state index in [9.17, 15) is 9.90 Å². The van der Waals surface area contributed by atoms with Gasteiger partial charge in [-0.2, -0.15) is 0 Å². The van der Waals surface area contributed by atoms with Crippen molar-refractivity contribution in [1.82, 2.24) is 0 Å². The van der Waals surface area contributed by atoms with E-state index < -0.39 is 6.10 Å². The number of hydrogen-bond donors (Lipinski definition) is 1. The fourth-order valence-corrected chi connectivity index (χ4v) is 1.67. The van der Waals surface area contributed by atoms with Gasteiger partial charge in [-0.05, 0) is 17.6 Å². The summed E-state index contributed by atoms with van der Waals surface area (Å²) in [6.07, 6.45) is 1.48. The molecule has 0 bridgehead atoms. The van der Waals surface area contributed by atoms with Gasteiger partial charge in [-0.15, -0.1) is 0 Å². The van der Waals surface area contributed by atoms with Crippen LogP contribution in [0.4, 0.5) is 0 Å². The molecule has 1 atom stereocenters. The zero-order valence-corrected chi connectivity index (χ0v) is 8.31. The minimum Gasteiger partial charge on any atom is -0.384 e. The van der Waals surface area contributed by atoms with Gasteiger partial charge in [0, 0.05) is 5.57 Å². The number of carbonyl (C=O) groups excluding carboxylic acids is 1. The molecular formula is C13H12O2. The monoisotopic (exact) mass is 200 g/mol. The topological polar surface area (TPSA) is 37.3 Å². The molecule has 1 unspecified atom stereocenters. The van der Waals surface area contributed by atoms with Crippen LogP contribution in [-0.4, -0.2) is 10.9 Å². The van der Waals surface area contributed by atoms with Crippen molar-refractivity contribution in [2.24, 2.45) is 0 Å². The van der Waals surface area contributed by atoms with Crippen molar-refractivity contribution in [3.63, 3.8) is 0 Å². The molecule has 0 aromatic heterocycles. The number of carbonyl (C=O) groups is 1. The Morgan fingerprint density at radius 3 is 2.47 bits per heavy atom. The Bertz CT molecular complexity index is 429. The number of Topliss-reactive ketones (excluding diaryl/α,β-unsaturated/α-hetero) is 1. The first-order chi connectivity index (χ1) is 7.20. The van der Waals surface area contributed by atoms with Crippen LogP contribution in [0.1, 0.15) is 18.1 Å². The number of allylic oxidation sites excluding steroid dienone is 2. The standard InChI is InChI=1S/C13H12O2/c1-9-7-8-11(12(9)14)13(15)10-5-3-2-4-6-10/h2-6,8,13,15H,1,7H2. The molecule has 0 heterocycles. The predicted molar refractivity (Wildman–Crippen MR) is 58.2 cm³/mol. The third-order valence-corrected chi connectivity index (χ3v) is 2.56. The molecule has 0 spiro atoms.